The minimum Gasteiger partial charge on any atom is -0.381 e. The number of rotatable bonds is 16. The number of morpholine rings is 1. The van der Waals surface area contributed by atoms with E-state index in [1.807, 2.05) is 47.2 Å². The highest BCUT2D eigenvalue weighted by Gasteiger charge is 2.48. The summed E-state index contributed by atoms with van der Waals surface area (Å²) in [6, 6.07) is 26.9. The summed E-state index contributed by atoms with van der Waals surface area (Å²) in [6.45, 7) is 11.8. The third-order valence-corrected chi connectivity index (χ3v) is 17.8. The number of anilines is 2. The molecule has 0 spiro atoms. The fourth-order valence-electron chi connectivity index (χ4n) is 8.85. The molecule has 1 aliphatic carbocycles. The Morgan fingerprint density at radius 2 is 1.54 bits per heavy atom. The predicted octanol–water partition coefficient (Wildman–Crippen LogP) is 6.95. The second kappa shape index (κ2) is 20.7. The Labute approximate surface area is 388 Å². The molecular formula is C47H57ClF3N5O6S2Si. The van der Waals surface area contributed by atoms with Gasteiger partial charge >= 0.3 is 5.51 Å². The summed E-state index contributed by atoms with van der Waals surface area (Å²) in [5.41, 5.74) is -0.948. The largest absolute Gasteiger partial charge is 0.501 e. The molecule has 4 aromatic carbocycles. The zero-order chi connectivity index (χ0) is 46.4. The number of piperazine rings is 1. The van der Waals surface area contributed by atoms with Gasteiger partial charge in [-0.25, -0.2) is 21.6 Å². The van der Waals surface area contributed by atoms with E-state index in [0.29, 0.717) is 56.4 Å². The number of hydrogen-bond donors (Lipinski definition) is 2. The fourth-order valence-corrected chi connectivity index (χ4v) is 12.7. The summed E-state index contributed by atoms with van der Waals surface area (Å²) < 4.78 is 103. The third-order valence-electron chi connectivity index (χ3n) is 12.6. The molecule has 11 nitrogen and oxygen atoms in total. The molecule has 0 aromatic heterocycles. The number of carbonyl (C=O) groups excluding carboxylic acids is 1. The summed E-state index contributed by atoms with van der Waals surface area (Å²) in [5, 5.41) is 4.90. The topological polar surface area (TPSA) is 128 Å². The maximum atomic E-state index is 14.2. The Hall–Kier alpha value is -4.23. The van der Waals surface area contributed by atoms with Crippen LogP contribution in [0.1, 0.15) is 55.5 Å². The van der Waals surface area contributed by atoms with E-state index in [1.54, 1.807) is 12.1 Å². The van der Waals surface area contributed by atoms with Crippen LogP contribution in [0.15, 0.2) is 112 Å². The normalized spacial score (nSPS) is 18.5. The first-order valence-electron chi connectivity index (χ1n) is 22.0. The van der Waals surface area contributed by atoms with Gasteiger partial charge in [-0.3, -0.25) is 14.6 Å². The Kier molecular flexibility index (Phi) is 15.5. The highest BCUT2D eigenvalue weighted by atomic mass is 35.5. The first-order valence-corrected chi connectivity index (χ1v) is 27.1. The Bertz CT molecular complexity index is 2540. The van der Waals surface area contributed by atoms with Crippen LogP contribution in [0.4, 0.5) is 24.5 Å². The summed E-state index contributed by atoms with van der Waals surface area (Å²) in [5.74, 6) is -1.02. The number of halogens is 4. The van der Waals surface area contributed by atoms with E-state index in [-0.39, 0.29) is 16.7 Å². The van der Waals surface area contributed by atoms with Gasteiger partial charge in [0.1, 0.15) is 4.90 Å². The van der Waals surface area contributed by atoms with Crippen LogP contribution in [0, 0.1) is 5.41 Å². The number of nitrogens with zero attached hydrogens (tertiary/aromatic N) is 3. The standard InChI is InChI=1S/C47H57ClF3N5O6S2Si/c1-46(2)20-18-42(34-8-12-37(48)13-9-34)36(31-46)32-55-22-24-56(25-23-55)39-14-10-35(11-15-39)45(57)53-64(60,61)40-16-17-43(44(30-40)63(58,59)47(49,50)51)52-38(19-21-54-26-28-62-29-27-54)33-65-41-6-4-3-5-7-41/h3-17,30,38,52H,18-29,31-33,65H2,1-2H3,(H,53,57)/t38-/m1/s1. The molecule has 65 heavy (non-hydrogen) atoms. The fraction of sp³-hybridized carbons (Fsp3) is 0.426. The van der Waals surface area contributed by atoms with Crippen molar-refractivity contribution in [3.63, 3.8) is 0 Å². The quantitative estimate of drug-likeness (QED) is 0.114. The number of nitrogens with one attached hydrogen (secondary N) is 2. The first-order chi connectivity index (χ1) is 30.9. The summed E-state index contributed by atoms with van der Waals surface area (Å²) >= 11 is 6.19. The average Bonchev–Trinajstić information content (AvgIpc) is 3.28. The van der Waals surface area contributed by atoms with Crippen molar-refractivity contribution >= 4 is 69.0 Å². The van der Waals surface area contributed by atoms with E-state index >= 15 is 0 Å². The molecular weight excluding hydrogens is 915 g/mol. The zero-order valence-corrected chi connectivity index (χ0v) is 40.6. The first kappa shape index (κ1) is 48.7. The maximum absolute atomic E-state index is 14.2. The number of hydrogen-bond acceptors (Lipinski definition) is 10. The number of sulfone groups is 1. The lowest BCUT2D eigenvalue weighted by Crippen LogP contribution is -2.47. The molecule has 0 unspecified atom stereocenters. The third kappa shape index (κ3) is 12.6. The molecule has 3 aliphatic rings. The molecule has 7 rings (SSSR count). The van der Waals surface area contributed by atoms with Crippen molar-refractivity contribution in [3.8, 4) is 0 Å². The molecule has 2 heterocycles. The number of sulfonamides is 1. The van der Waals surface area contributed by atoms with Gasteiger partial charge < -0.3 is 15.0 Å². The molecule has 2 N–H and O–H groups in total. The Morgan fingerprint density at radius 3 is 2.20 bits per heavy atom. The monoisotopic (exact) mass is 971 g/mol. The molecule has 0 saturated carbocycles. The highest BCUT2D eigenvalue weighted by molar-refractivity contribution is 7.92. The highest BCUT2D eigenvalue weighted by Crippen LogP contribution is 2.43. The number of allylic oxidation sites excluding steroid dienone is 1. The van der Waals surface area contributed by atoms with Gasteiger partial charge in [-0.15, -0.1) is 0 Å². The Morgan fingerprint density at radius 1 is 0.862 bits per heavy atom. The van der Waals surface area contributed by atoms with Gasteiger partial charge in [-0.2, -0.15) is 13.2 Å². The van der Waals surface area contributed by atoms with Crippen LogP contribution < -0.4 is 20.1 Å². The molecule has 2 saturated heterocycles. The van der Waals surface area contributed by atoms with Crippen LogP contribution >= 0.6 is 11.6 Å². The van der Waals surface area contributed by atoms with E-state index in [0.717, 1.165) is 75.0 Å². The lowest BCUT2D eigenvalue weighted by Gasteiger charge is -2.39. The van der Waals surface area contributed by atoms with Gasteiger partial charge in [-0.05, 0) is 103 Å². The van der Waals surface area contributed by atoms with Gasteiger partial charge in [0.25, 0.3) is 25.8 Å². The van der Waals surface area contributed by atoms with Crippen molar-refractivity contribution < 1.29 is 39.5 Å². The lowest BCUT2D eigenvalue weighted by atomic mass is 9.73. The molecule has 1 atom stereocenters. The van der Waals surface area contributed by atoms with Crippen LogP contribution in [0.5, 0.6) is 0 Å². The Balaban J connectivity index is 1.02. The molecule has 350 valence electrons. The van der Waals surface area contributed by atoms with E-state index in [4.69, 9.17) is 16.3 Å². The zero-order valence-electron chi connectivity index (χ0n) is 36.7. The average molecular weight is 973 g/mol. The van der Waals surface area contributed by atoms with Crippen molar-refractivity contribution in [3.05, 3.63) is 119 Å². The molecule has 1 amide bonds. The van der Waals surface area contributed by atoms with Crippen molar-refractivity contribution in [2.24, 2.45) is 5.41 Å². The molecule has 18 heteroatoms. The minimum absolute atomic E-state index is 0.00431. The number of carbonyl (C=O) groups is 1. The summed E-state index contributed by atoms with van der Waals surface area (Å²) in [6.07, 6.45) is 3.66. The van der Waals surface area contributed by atoms with Crippen LogP contribution in [0.2, 0.25) is 11.1 Å². The predicted molar refractivity (Wildman–Crippen MR) is 254 cm³/mol. The maximum Gasteiger partial charge on any atom is 0.501 e. The number of alkyl halides is 3. The van der Waals surface area contributed by atoms with Gasteiger partial charge in [0.2, 0.25) is 0 Å². The van der Waals surface area contributed by atoms with Gasteiger partial charge in [-0.1, -0.05) is 78.7 Å². The second-order valence-corrected chi connectivity index (χ2v) is 23.8. The van der Waals surface area contributed by atoms with E-state index in [2.05, 4.69) is 46.0 Å². The van der Waals surface area contributed by atoms with Crippen LogP contribution in [-0.4, -0.2) is 119 Å². The van der Waals surface area contributed by atoms with Gasteiger partial charge in [0.15, 0.2) is 0 Å². The van der Waals surface area contributed by atoms with Crippen LogP contribution in [-0.2, 0) is 24.6 Å². The van der Waals surface area contributed by atoms with Crippen molar-refractivity contribution in [1.29, 1.82) is 0 Å². The van der Waals surface area contributed by atoms with Crippen molar-refractivity contribution in [2.45, 2.75) is 66.9 Å². The number of amides is 1. The van der Waals surface area contributed by atoms with Crippen LogP contribution in [0.3, 0.4) is 0 Å². The lowest BCUT2D eigenvalue weighted by molar-refractivity contribution is -0.0435. The molecule has 0 bridgehead atoms. The number of ether oxygens (including phenoxy) is 1. The van der Waals surface area contributed by atoms with Gasteiger partial charge in [0, 0.05) is 74.7 Å². The van der Waals surface area contributed by atoms with Crippen LogP contribution in [0.25, 0.3) is 5.57 Å². The number of benzene rings is 4. The molecule has 0 radical (unpaired) electrons. The van der Waals surface area contributed by atoms with Crippen molar-refractivity contribution in [2.75, 3.05) is 75.8 Å². The van der Waals surface area contributed by atoms with Gasteiger partial charge in [0.05, 0.1) is 33.3 Å². The molecule has 2 fully saturated rings. The minimum atomic E-state index is -6.03. The SMILES string of the molecule is CC1(C)CCC(c2ccc(Cl)cc2)=C(CN2CCN(c3ccc(C(=O)NS(=O)(=O)c4ccc(N[C@H](CCN5CCOCC5)C[SiH2]c5ccccc5)c(S(=O)(=O)C(F)(F)F)c4)cc3)CC2)C1. The molecule has 2 aliphatic heterocycles. The van der Waals surface area contributed by atoms with E-state index < -0.39 is 56.6 Å². The molecule has 4 aromatic rings. The smallest absolute Gasteiger partial charge is 0.381 e. The summed E-state index contributed by atoms with van der Waals surface area (Å²) in [7, 11) is -11.8. The van der Waals surface area contributed by atoms with E-state index in [1.165, 1.54) is 28.8 Å². The van der Waals surface area contributed by atoms with E-state index in [9.17, 15) is 34.8 Å². The van der Waals surface area contributed by atoms with Crippen molar-refractivity contribution in [1.82, 2.24) is 14.5 Å². The second-order valence-electron chi connectivity index (χ2n) is 17.9. The summed E-state index contributed by atoms with van der Waals surface area (Å²) in [4.78, 5) is 18.2.